The van der Waals surface area contributed by atoms with Gasteiger partial charge in [-0.05, 0) is 184 Å². The maximum absolute atomic E-state index is 14.6. The van der Waals surface area contributed by atoms with E-state index in [1.54, 1.807) is 109 Å². The Balaban J connectivity index is 1.02. The molecule has 100 heavy (non-hydrogen) atoms. The smallest absolute Gasteiger partial charge is 0.312 e. The van der Waals surface area contributed by atoms with E-state index in [1.807, 2.05) is 39.0 Å². The molecule has 3 heterocycles. The molecule has 0 bridgehead atoms. The predicted molar refractivity (Wildman–Crippen MR) is 382 cm³/mol. The SMILES string of the molecule is COc1ccc2[nH]c(C)c(CC(=O)[C@](N)(CCCNC(N)=O)C(=O)Nc3ccc(C(c4ccc(NC(=O)[C@@](N)(CCCNC(N)=O)C(=O)Cc5c(C)[nH]c6ccc(OC)cc56)cc4)c4ccc(NC(=O)[C@@](N)(CCCNC(N)=O)C(=O)Cc5c(C)[nH]c6ccc(OC)cc56)cc4)cc3)c2c1. The molecule has 524 valence electrons. The van der Waals surface area contributed by atoms with E-state index in [4.69, 9.17) is 48.6 Å². The molecule has 9 aromatic rings. The number of ether oxygens (including phenoxy) is 3. The number of aromatic nitrogens is 3. The highest BCUT2D eigenvalue weighted by atomic mass is 16.5. The van der Waals surface area contributed by atoms with Gasteiger partial charge in [-0.3, -0.25) is 28.8 Å². The van der Waals surface area contributed by atoms with E-state index in [9.17, 15) is 43.2 Å². The molecule has 0 aliphatic carbocycles. The number of rotatable bonds is 33. The summed E-state index contributed by atoms with van der Waals surface area (Å²) in [7, 11) is 4.60. The topological polar surface area (TPSA) is 457 Å². The van der Waals surface area contributed by atoms with Crippen molar-refractivity contribution in [1.29, 1.82) is 0 Å². The molecule has 0 radical (unpaired) electrons. The van der Waals surface area contributed by atoms with Crippen LogP contribution in [0.25, 0.3) is 32.7 Å². The number of aryl methyl sites for hydroxylation is 3. The number of carbonyl (C=O) groups excluding carboxylic acids is 9. The first-order chi connectivity index (χ1) is 47.7. The number of methoxy groups -OCH3 is 3. The number of hydrogen-bond acceptors (Lipinski definition) is 15. The fourth-order valence-corrected chi connectivity index (χ4v) is 12.6. The number of benzene rings is 6. The number of hydrogen-bond donors (Lipinski definition) is 15. The largest absolute Gasteiger partial charge is 0.497 e. The van der Waals surface area contributed by atoms with Crippen molar-refractivity contribution in [3.63, 3.8) is 0 Å². The Kier molecular flexibility index (Phi) is 22.8. The highest BCUT2D eigenvalue weighted by Crippen LogP contribution is 2.37. The zero-order valence-corrected chi connectivity index (χ0v) is 56.6. The van der Waals surface area contributed by atoms with Crippen LogP contribution >= 0.6 is 0 Å². The van der Waals surface area contributed by atoms with Crippen molar-refractivity contribution in [1.82, 2.24) is 30.9 Å². The Morgan fingerprint density at radius 2 is 0.640 bits per heavy atom. The van der Waals surface area contributed by atoms with Gasteiger partial charge in [0.2, 0.25) is 0 Å². The monoisotopic (exact) mass is 1360 g/mol. The molecular weight excluding hydrogens is 1280 g/mol. The van der Waals surface area contributed by atoms with Gasteiger partial charge in [-0.2, -0.15) is 0 Å². The minimum Gasteiger partial charge on any atom is -0.497 e. The van der Waals surface area contributed by atoms with E-state index in [2.05, 4.69) is 46.9 Å². The second-order valence-corrected chi connectivity index (χ2v) is 25.0. The molecule has 21 N–H and O–H groups in total. The van der Waals surface area contributed by atoms with Gasteiger partial charge in [0.25, 0.3) is 17.7 Å². The van der Waals surface area contributed by atoms with Gasteiger partial charge in [0, 0.05) is 112 Å². The summed E-state index contributed by atoms with van der Waals surface area (Å²) < 4.78 is 16.4. The van der Waals surface area contributed by atoms with Crippen molar-refractivity contribution in [3.05, 3.63) is 178 Å². The summed E-state index contributed by atoms with van der Waals surface area (Å²) >= 11 is 0. The summed E-state index contributed by atoms with van der Waals surface area (Å²) in [6.07, 6.45) is -0.772. The maximum Gasteiger partial charge on any atom is 0.312 e. The molecule has 3 aromatic heterocycles. The van der Waals surface area contributed by atoms with Crippen LogP contribution in [0.4, 0.5) is 31.4 Å². The van der Waals surface area contributed by atoms with Crippen LogP contribution in [0, 0.1) is 20.8 Å². The third kappa shape index (κ3) is 16.5. The first-order valence-electron chi connectivity index (χ1n) is 32.4. The van der Waals surface area contributed by atoms with Crippen molar-refractivity contribution in [2.45, 2.75) is 101 Å². The Labute approximate surface area is 576 Å². The number of anilines is 3. The standard InChI is InChI=1S/C73H85N15O12/c1-40-52(55-34-49(98-4)22-25-58(55)83-40)37-61(89)71(77,28-7-31-80-68(74)95)65(92)86-46-16-10-43(11-17-46)64(44-12-18-47(19-13-44)87-66(93)72(78,29-8-32-81-69(75)96)62(90)38-53-41(2)84-59-26-23-50(99-5)35-56(53)59)45-14-20-48(21-15-45)88-67(94)73(79,30-9-33-82-70(76)97)63(91)39-54-42(3)85-60-27-24-51(100-6)36-57(54)60/h10-27,34-36,64,83-85H,7-9,28-33,37-39,77-79H2,1-6H3,(H,86,92)(H,87,93)(H,88,94)(H3,74,80,95)(H3,75,81,96)(H3,76,82,97)/t71-,72-,73-/m1/s1. The van der Waals surface area contributed by atoms with E-state index < -0.39 is 75.7 Å². The van der Waals surface area contributed by atoms with E-state index in [-0.39, 0.29) is 94.5 Å². The average Bonchev–Trinajstić information content (AvgIpc) is 1.60. The van der Waals surface area contributed by atoms with Gasteiger partial charge in [0.15, 0.2) is 34.0 Å². The number of urea groups is 3. The van der Waals surface area contributed by atoms with Gasteiger partial charge in [0.05, 0.1) is 21.3 Å². The predicted octanol–water partition coefficient (Wildman–Crippen LogP) is 6.95. The average molecular weight is 1360 g/mol. The number of fused-ring (bicyclic) bond motifs is 3. The number of Topliss-reactive ketones (excluding diaryl/α,β-unsaturated/α-hetero) is 3. The van der Waals surface area contributed by atoms with Crippen LogP contribution in [-0.4, -0.2) is 126 Å². The molecule has 0 spiro atoms. The third-order valence-corrected chi connectivity index (χ3v) is 18.3. The van der Waals surface area contributed by atoms with Gasteiger partial charge in [-0.15, -0.1) is 0 Å². The number of nitrogens with two attached hydrogens (primary N) is 6. The normalized spacial score (nSPS) is 13.1. The number of ketones is 3. The lowest BCUT2D eigenvalue weighted by atomic mass is 9.83. The summed E-state index contributed by atoms with van der Waals surface area (Å²) in [5.41, 5.74) is 39.6. The van der Waals surface area contributed by atoms with Crippen LogP contribution < -0.4 is 80.5 Å². The van der Waals surface area contributed by atoms with Crippen LogP contribution in [0.1, 0.15) is 94.9 Å². The molecular formula is C73H85N15O12. The summed E-state index contributed by atoms with van der Waals surface area (Å²) in [5, 5.41) is 18.2. The van der Waals surface area contributed by atoms with Gasteiger partial charge in [-0.1, -0.05) is 36.4 Å². The Morgan fingerprint density at radius 3 is 0.870 bits per heavy atom. The minimum atomic E-state index is -2.10. The lowest BCUT2D eigenvalue weighted by molar-refractivity contribution is -0.134. The highest BCUT2D eigenvalue weighted by molar-refractivity contribution is 6.18. The molecule has 9 amide bonds. The molecule has 0 fully saturated rings. The van der Waals surface area contributed by atoms with Gasteiger partial charge in [0.1, 0.15) is 17.2 Å². The van der Waals surface area contributed by atoms with Crippen molar-refractivity contribution in [3.8, 4) is 17.2 Å². The molecule has 6 aromatic carbocycles. The van der Waals surface area contributed by atoms with Gasteiger partial charge >= 0.3 is 18.1 Å². The quantitative estimate of drug-likeness (QED) is 0.0112. The molecule has 0 saturated carbocycles. The second-order valence-electron chi connectivity index (χ2n) is 25.0. The third-order valence-electron chi connectivity index (χ3n) is 18.3. The fourth-order valence-electron chi connectivity index (χ4n) is 12.6. The van der Waals surface area contributed by atoms with E-state index in [1.165, 1.54) is 21.3 Å². The Morgan fingerprint density at radius 1 is 0.390 bits per heavy atom. The second kappa shape index (κ2) is 31.3. The molecule has 0 aliphatic rings. The summed E-state index contributed by atoms with van der Waals surface area (Å²) in [6.45, 7) is 5.57. The zero-order valence-electron chi connectivity index (χ0n) is 56.6. The highest BCUT2D eigenvalue weighted by Gasteiger charge is 2.44. The first kappa shape index (κ1) is 72.7. The molecule has 0 unspecified atom stereocenters. The van der Waals surface area contributed by atoms with Crippen molar-refractivity contribution >= 4 is 103 Å². The summed E-state index contributed by atoms with van der Waals surface area (Å²) in [6, 6.07) is 34.4. The van der Waals surface area contributed by atoms with Crippen molar-refractivity contribution in [2.75, 3.05) is 56.9 Å². The van der Waals surface area contributed by atoms with Crippen molar-refractivity contribution < 1.29 is 57.4 Å². The number of carbonyl (C=O) groups is 9. The zero-order chi connectivity index (χ0) is 72.2. The number of H-pyrrole nitrogens is 3. The molecule has 0 aliphatic heterocycles. The van der Waals surface area contributed by atoms with Gasteiger partial charge < -0.3 is 95.5 Å². The molecule has 0 saturated heterocycles. The molecule has 27 heteroatoms. The molecule has 27 nitrogen and oxygen atoms in total. The van der Waals surface area contributed by atoms with Crippen LogP contribution in [-0.2, 0) is 48.0 Å². The lowest BCUT2D eigenvalue weighted by Gasteiger charge is -2.28. The number of amides is 9. The van der Waals surface area contributed by atoms with E-state index >= 15 is 0 Å². The van der Waals surface area contributed by atoms with Gasteiger partial charge in [-0.25, -0.2) is 14.4 Å². The van der Waals surface area contributed by atoms with Crippen LogP contribution in [0.5, 0.6) is 17.2 Å². The first-order valence-corrected chi connectivity index (χ1v) is 32.4. The van der Waals surface area contributed by atoms with Crippen LogP contribution in [0.2, 0.25) is 0 Å². The minimum absolute atomic E-state index is 0.0385. The summed E-state index contributed by atoms with van der Waals surface area (Å²) in [4.78, 5) is 132. The number of nitrogens with one attached hydrogen (secondary N) is 9. The molecule has 3 atom stereocenters. The maximum atomic E-state index is 14.6. The molecule has 9 rings (SSSR count). The lowest BCUT2D eigenvalue weighted by Crippen LogP contribution is -2.58. The van der Waals surface area contributed by atoms with Crippen LogP contribution in [0.15, 0.2) is 127 Å². The van der Waals surface area contributed by atoms with E-state index in [0.717, 1.165) is 32.7 Å². The summed E-state index contributed by atoms with van der Waals surface area (Å²) in [5.74, 6) is -3.09. The van der Waals surface area contributed by atoms with Crippen molar-refractivity contribution in [2.24, 2.45) is 34.4 Å². The number of primary amides is 3. The number of aromatic amines is 3. The van der Waals surface area contributed by atoms with Crippen LogP contribution in [0.3, 0.4) is 0 Å². The Hall–Kier alpha value is -11.6. The van der Waals surface area contributed by atoms with E-state index in [0.29, 0.717) is 67.7 Å². The Bertz CT molecular complexity index is 4110. The fraction of sp³-hybridized carbons (Fsp3) is 0.301.